The van der Waals surface area contributed by atoms with E-state index in [4.69, 9.17) is 16.3 Å². The summed E-state index contributed by atoms with van der Waals surface area (Å²) in [4.78, 5) is 11.5. The largest absolute Gasteiger partial charge is 0.426 e. The molecule has 0 radical (unpaired) electrons. The number of ether oxygens (including phenoxy) is 1. The standard InChI is InChI=1S/C13H10ClNO4S/c14-10-5-4-6-11(9-10)19-13(16)15-20(17,18)12-7-2-1-3-8-12/h1-9H,(H,15,16). The molecule has 5 nitrogen and oxygen atoms in total. The molecule has 2 rings (SSSR count). The van der Waals surface area contributed by atoms with Crippen molar-refractivity contribution in [1.29, 1.82) is 0 Å². The van der Waals surface area contributed by atoms with Crippen molar-refractivity contribution in [2.75, 3.05) is 0 Å². The molecule has 0 bridgehead atoms. The Bertz CT molecular complexity index is 716. The van der Waals surface area contributed by atoms with Crippen molar-refractivity contribution in [3.8, 4) is 5.75 Å². The van der Waals surface area contributed by atoms with Crippen LogP contribution in [0.2, 0.25) is 5.02 Å². The maximum Gasteiger partial charge on any atom is 0.426 e. The number of hydrogen-bond donors (Lipinski definition) is 1. The van der Waals surface area contributed by atoms with Gasteiger partial charge in [-0.15, -0.1) is 0 Å². The van der Waals surface area contributed by atoms with Gasteiger partial charge in [-0.1, -0.05) is 35.9 Å². The minimum absolute atomic E-state index is 0.0250. The molecule has 0 atom stereocenters. The van der Waals surface area contributed by atoms with Gasteiger partial charge in [-0.05, 0) is 30.3 Å². The first kappa shape index (κ1) is 14.4. The van der Waals surface area contributed by atoms with Crippen molar-refractivity contribution < 1.29 is 17.9 Å². The van der Waals surface area contributed by atoms with E-state index in [1.807, 2.05) is 4.72 Å². The summed E-state index contributed by atoms with van der Waals surface area (Å²) < 4.78 is 30.4. The molecule has 20 heavy (non-hydrogen) atoms. The summed E-state index contributed by atoms with van der Waals surface area (Å²) in [6.45, 7) is 0. The molecular weight excluding hydrogens is 302 g/mol. The Kier molecular flexibility index (Phi) is 4.26. The number of sulfonamides is 1. The Balaban J connectivity index is 2.09. The summed E-state index contributed by atoms with van der Waals surface area (Å²) >= 11 is 5.73. The molecule has 0 spiro atoms. The zero-order valence-electron chi connectivity index (χ0n) is 10.1. The summed E-state index contributed by atoms with van der Waals surface area (Å²) in [6, 6.07) is 13.6. The number of benzene rings is 2. The highest BCUT2D eigenvalue weighted by atomic mass is 35.5. The third-order valence-electron chi connectivity index (χ3n) is 2.28. The lowest BCUT2D eigenvalue weighted by atomic mass is 10.3. The van der Waals surface area contributed by atoms with E-state index in [9.17, 15) is 13.2 Å². The van der Waals surface area contributed by atoms with Crippen LogP contribution in [0.15, 0.2) is 59.5 Å². The van der Waals surface area contributed by atoms with Gasteiger partial charge in [-0.25, -0.2) is 17.9 Å². The molecule has 0 aliphatic rings. The van der Waals surface area contributed by atoms with Crippen molar-refractivity contribution in [2.45, 2.75) is 4.90 Å². The van der Waals surface area contributed by atoms with E-state index in [2.05, 4.69) is 0 Å². The van der Waals surface area contributed by atoms with Gasteiger partial charge >= 0.3 is 6.09 Å². The second-order valence-corrected chi connectivity index (χ2v) is 5.88. The maximum absolute atomic E-state index is 11.9. The van der Waals surface area contributed by atoms with E-state index in [1.165, 1.54) is 24.3 Å². The molecule has 2 aromatic rings. The third kappa shape index (κ3) is 3.72. The molecule has 0 heterocycles. The Labute approximate surface area is 121 Å². The van der Waals surface area contributed by atoms with Crippen LogP contribution in [-0.4, -0.2) is 14.5 Å². The predicted octanol–water partition coefficient (Wildman–Crippen LogP) is 2.82. The number of hydrogen-bond acceptors (Lipinski definition) is 4. The molecule has 0 aliphatic carbocycles. The molecule has 2 aromatic carbocycles. The highest BCUT2D eigenvalue weighted by molar-refractivity contribution is 7.90. The molecule has 0 aliphatic heterocycles. The van der Waals surface area contributed by atoms with Gasteiger partial charge in [0, 0.05) is 5.02 Å². The normalized spacial score (nSPS) is 10.8. The molecule has 7 heteroatoms. The van der Waals surface area contributed by atoms with Gasteiger partial charge in [-0.3, -0.25) is 0 Å². The van der Waals surface area contributed by atoms with Gasteiger partial charge in [0.1, 0.15) is 5.75 Å². The van der Waals surface area contributed by atoms with Crippen molar-refractivity contribution in [3.63, 3.8) is 0 Å². The van der Waals surface area contributed by atoms with E-state index in [1.54, 1.807) is 30.3 Å². The second kappa shape index (κ2) is 5.94. The van der Waals surface area contributed by atoms with Gasteiger partial charge in [0.15, 0.2) is 0 Å². The highest BCUT2D eigenvalue weighted by Crippen LogP contribution is 2.17. The lowest BCUT2D eigenvalue weighted by molar-refractivity contribution is 0.207. The van der Waals surface area contributed by atoms with Crippen LogP contribution in [0.3, 0.4) is 0 Å². The SMILES string of the molecule is O=C(NS(=O)(=O)c1ccccc1)Oc1cccc(Cl)c1. The molecule has 0 saturated carbocycles. The third-order valence-corrected chi connectivity index (χ3v) is 3.84. The summed E-state index contributed by atoms with van der Waals surface area (Å²) in [6.07, 6.45) is -1.10. The summed E-state index contributed by atoms with van der Waals surface area (Å²) in [7, 11) is -3.95. The second-order valence-electron chi connectivity index (χ2n) is 3.77. The van der Waals surface area contributed by atoms with Crippen LogP contribution >= 0.6 is 11.6 Å². The van der Waals surface area contributed by atoms with Gasteiger partial charge in [0.2, 0.25) is 0 Å². The smallest absolute Gasteiger partial charge is 0.410 e. The number of nitrogens with one attached hydrogen (secondary N) is 1. The molecule has 1 amide bonds. The van der Waals surface area contributed by atoms with Crippen LogP contribution in [0.1, 0.15) is 0 Å². The van der Waals surface area contributed by atoms with E-state index in [0.717, 1.165) is 0 Å². The average molecular weight is 312 g/mol. The van der Waals surface area contributed by atoms with Crippen LogP contribution in [0.5, 0.6) is 5.75 Å². The van der Waals surface area contributed by atoms with E-state index >= 15 is 0 Å². The summed E-state index contributed by atoms with van der Waals surface area (Å²) in [5.74, 6) is 0.151. The van der Waals surface area contributed by atoms with Crippen molar-refractivity contribution >= 4 is 27.7 Å². The first-order valence-corrected chi connectivity index (χ1v) is 7.39. The Morgan fingerprint density at radius 3 is 2.40 bits per heavy atom. The maximum atomic E-state index is 11.9. The first-order valence-electron chi connectivity index (χ1n) is 5.52. The molecule has 104 valence electrons. The van der Waals surface area contributed by atoms with E-state index in [-0.39, 0.29) is 10.6 Å². The number of rotatable bonds is 3. The average Bonchev–Trinajstić information content (AvgIpc) is 2.39. The number of amides is 1. The van der Waals surface area contributed by atoms with Crippen molar-refractivity contribution in [1.82, 2.24) is 4.72 Å². The topological polar surface area (TPSA) is 72.5 Å². The molecule has 0 saturated heterocycles. The fourth-order valence-corrected chi connectivity index (χ4v) is 2.50. The van der Waals surface area contributed by atoms with Crippen LogP contribution in [-0.2, 0) is 10.0 Å². The van der Waals surface area contributed by atoms with Crippen LogP contribution in [0.4, 0.5) is 4.79 Å². The molecule has 0 fully saturated rings. The van der Waals surface area contributed by atoms with E-state index < -0.39 is 16.1 Å². The van der Waals surface area contributed by atoms with Gasteiger partial charge < -0.3 is 4.74 Å². The van der Waals surface area contributed by atoms with Crippen LogP contribution in [0.25, 0.3) is 0 Å². The fourth-order valence-electron chi connectivity index (χ4n) is 1.43. The summed E-state index contributed by atoms with van der Waals surface area (Å²) in [5.41, 5.74) is 0. The molecule has 0 unspecified atom stereocenters. The Morgan fingerprint density at radius 1 is 1.05 bits per heavy atom. The lowest BCUT2D eigenvalue weighted by Crippen LogP contribution is -2.32. The van der Waals surface area contributed by atoms with Gasteiger partial charge in [-0.2, -0.15) is 0 Å². The minimum atomic E-state index is -3.95. The molecule has 1 N–H and O–H groups in total. The molecule has 0 aromatic heterocycles. The Morgan fingerprint density at radius 2 is 1.75 bits per heavy atom. The number of carbonyl (C=O) groups excluding carboxylic acids is 1. The van der Waals surface area contributed by atoms with Gasteiger partial charge in [0.25, 0.3) is 10.0 Å². The first-order chi connectivity index (χ1) is 9.47. The number of carbonyl (C=O) groups is 1. The fraction of sp³-hybridized carbons (Fsp3) is 0. The van der Waals surface area contributed by atoms with Crippen molar-refractivity contribution in [2.24, 2.45) is 0 Å². The van der Waals surface area contributed by atoms with Crippen LogP contribution < -0.4 is 9.46 Å². The Hall–Kier alpha value is -2.05. The van der Waals surface area contributed by atoms with Gasteiger partial charge in [0.05, 0.1) is 4.90 Å². The number of halogens is 1. The zero-order chi connectivity index (χ0) is 14.6. The lowest BCUT2D eigenvalue weighted by Gasteiger charge is -2.07. The minimum Gasteiger partial charge on any atom is -0.410 e. The van der Waals surface area contributed by atoms with Crippen molar-refractivity contribution in [3.05, 3.63) is 59.6 Å². The zero-order valence-corrected chi connectivity index (χ0v) is 11.7. The molecular formula is C13H10ClNO4S. The monoisotopic (exact) mass is 311 g/mol. The predicted molar refractivity (Wildman–Crippen MR) is 74.2 cm³/mol. The van der Waals surface area contributed by atoms with Crippen LogP contribution in [0, 0.1) is 0 Å². The highest BCUT2D eigenvalue weighted by Gasteiger charge is 2.18. The summed E-state index contributed by atoms with van der Waals surface area (Å²) in [5, 5.41) is 0.376. The quantitative estimate of drug-likeness (QED) is 0.946. The van der Waals surface area contributed by atoms with E-state index in [0.29, 0.717) is 5.02 Å².